The molecule has 0 aliphatic carbocycles. The minimum atomic E-state index is -4.84. The topological polar surface area (TPSA) is 156 Å². The van der Waals surface area contributed by atoms with Crippen LogP contribution in [0.3, 0.4) is 0 Å². The summed E-state index contributed by atoms with van der Waals surface area (Å²) in [6, 6.07) is 7.76. The Bertz CT molecular complexity index is 1500. The molecule has 0 bridgehead atoms. The second kappa shape index (κ2) is 10.6. The van der Waals surface area contributed by atoms with Crippen molar-refractivity contribution in [1.29, 1.82) is 0 Å². The fourth-order valence-corrected chi connectivity index (χ4v) is 5.00. The summed E-state index contributed by atoms with van der Waals surface area (Å²) in [5, 5.41) is 14.0. The van der Waals surface area contributed by atoms with Crippen molar-refractivity contribution in [3.63, 3.8) is 0 Å². The number of aromatic amines is 1. The number of alkyl halides is 3. The Balaban J connectivity index is 1.62. The summed E-state index contributed by atoms with van der Waals surface area (Å²) in [5.41, 5.74) is -2.90. The molecule has 1 aliphatic heterocycles. The maximum atomic E-state index is 13.6. The predicted octanol–water partition coefficient (Wildman–Crippen LogP) is 3.22. The normalized spacial score (nSPS) is 15.6. The van der Waals surface area contributed by atoms with Crippen molar-refractivity contribution in [3.8, 4) is 5.75 Å². The van der Waals surface area contributed by atoms with Gasteiger partial charge in [0.1, 0.15) is 23.4 Å². The number of ether oxygens (including phenoxy) is 2. The molecule has 0 spiro atoms. The SMILES string of the molecule is CC(C)(OC(=O)Nc1ccc2c(c1)N(S(=O)(=O)c1ccc(F)cc1)C[C@H](CNC(=O)c1cnn[nH]1)O2)C(F)(F)F. The number of H-pyrrole nitrogens is 1. The maximum absolute atomic E-state index is 13.6. The van der Waals surface area contributed by atoms with Crippen LogP contribution in [0.1, 0.15) is 24.3 Å². The first-order chi connectivity index (χ1) is 18.7. The van der Waals surface area contributed by atoms with Gasteiger partial charge in [0.05, 0.1) is 29.9 Å². The molecule has 4 rings (SSSR count). The summed E-state index contributed by atoms with van der Waals surface area (Å²) in [5.74, 6) is -1.22. The van der Waals surface area contributed by atoms with E-state index in [4.69, 9.17) is 4.74 Å². The van der Waals surface area contributed by atoms with Crippen LogP contribution in [0.15, 0.2) is 53.6 Å². The van der Waals surface area contributed by atoms with Crippen molar-refractivity contribution in [2.75, 3.05) is 22.7 Å². The molecule has 1 atom stereocenters. The zero-order valence-corrected chi connectivity index (χ0v) is 21.6. The molecule has 2 aromatic carbocycles. The molecule has 17 heteroatoms. The number of nitrogens with zero attached hydrogens (tertiary/aromatic N) is 3. The lowest BCUT2D eigenvalue weighted by Gasteiger charge is -2.36. The molecule has 0 saturated carbocycles. The highest BCUT2D eigenvalue weighted by Gasteiger charge is 2.51. The first kappa shape index (κ1) is 28.6. The van der Waals surface area contributed by atoms with E-state index in [0.717, 1.165) is 28.6 Å². The molecule has 2 heterocycles. The van der Waals surface area contributed by atoms with Crippen molar-refractivity contribution in [3.05, 3.63) is 60.2 Å². The monoisotopic (exact) mass is 586 g/mol. The quantitative estimate of drug-likeness (QED) is 0.357. The third-order valence-electron chi connectivity index (χ3n) is 5.72. The Morgan fingerprint density at radius 1 is 1.18 bits per heavy atom. The zero-order valence-electron chi connectivity index (χ0n) is 20.8. The van der Waals surface area contributed by atoms with Crippen molar-refractivity contribution in [2.24, 2.45) is 0 Å². The van der Waals surface area contributed by atoms with Crippen molar-refractivity contribution >= 4 is 33.4 Å². The van der Waals surface area contributed by atoms with Gasteiger partial charge in [-0.3, -0.25) is 19.5 Å². The van der Waals surface area contributed by atoms with E-state index >= 15 is 0 Å². The Morgan fingerprint density at radius 3 is 2.50 bits per heavy atom. The Labute approximate surface area is 224 Å². The summed E-state index contributed by atoms with van der Waals surface area (Å²) in [6.07, 6.45) is -5.99. The minimum absolute atomic E-state index is 0.0222. The third-order valence-corrected chi connectivity index (χ3v) is 7.51. The molecule has 2 amide bonds. The number of carbonyl (C=O) groups is 2. The number of fused-ring (bicyclic) bond motifs is 1. The van der Waals surface area contributed by atoms with Crippen LogP contribution in [-0.4, -0.2) is 66.8 Å². The summed E-state index contributed by atoms with van der Waals surface area (Å²) in [7, 11) is -4.35. The Morgan fingerprint density at radius 2 is 1.88 bits per heavy atom. The number of hydrogen-bond donors (Lipinski definition) is 3. The van der Waals surface area contributed by atoms with E-state index in [-0.39, 0.29) is 40.8 Å². The molecule has 1 aliphatic rings. The number of anilines is 2. The molecule has 12 nitrogen and oxygen atoms in total. The number of benzene rings is 2. The van der Waals surface area contributed by atoms with Crippen LogP contribution in [0, 0.1) is 5.82 Å². The van der Waals surface area contributed by atoms with E-state index in [1.807, 2.05) is 0 Å². The molecule has 3 aromatic rings. The zero-order chi connectivity index (χ0) is 29.3. The number of aromatic nitrogens is 3. The van der Waals surface area contributed by atoms with E-state index in [0.29, 0.717) is 13.8 Å². The minimum Gasteiger partial charge on any atom is -0.484 e. The van der Waals surface area contributed by atoms with Crippen LogP contribution < -0.4 is 19.7 Å². The highest BCUT2D eigenvalue weighted by molar-refractivity contribution is 7.92. The molecular formula is C23H22F4N6O6S. The van der Waals surface area contributed by atoms with E-state index in [2.05, 4.69) is 30.8 Å². The average Bonchev–Trinajstić information content (AvgIpc) is 3.41. The lowest BCUT2D eigenvalue weighted by Crippen LogP contribution is -2.48. The summed E-state index contributed by atoms with van der Waals surface area (Å²) in [6.45, 7) is 0.868. The number of nitrogens with one attached hydrogen (secondary N) is 3. The van der Waals surface area contributed by atoms with Gasteiger partial charge in [0, 0.05) is 5.69 Å². The molecule has 0 fully saturated rings. The Kier molecular flexibility index (Phi) is 7.60. The first-order valence-corrected chi connectivity index (χ1v) is 12.9. The number of carbonyl (C=O) groups excluding carboxylic acids is 2. The van der Waals surface area contributed by atoms with E-state index < -0.39 is 45.7 Å². The van der Waals surface area contributed by atoms with E-state index in [9.17, 15) is 35.6 Å². The molecule has 3 N–H and O–H groups in total. The van der Waals surface area contributed by atoms with Gasteiger partial charge in [0.2, 0.25) is 5.60 Å². The fraction of sp³-hybridized carbons (Fsp3) is 0.304. The third kappa shape index (κ3) is 6.08. The van der Waals surface area contributed by atoms with Gasteiger partial charge in [-0.2, -0.15) is 13.2 Å². The second-order valence-electron chi connectivity index (χ2n) is 9.02. The van der Waals surface area contributed by atoms with Crippen molar-refractivity contribution in [1.82, 2.24) is 20.7 Å². The number of rotatable bonds is 7. The second-order valence-corrected chi connectivity index (χ2v) is 10.9. The Hall–Kier alpha value is -4.41. The van der Waals surface area contributed by atoms with Gasteiger partial charge in [-0.1, -0.05) is 5.21 Å². The van der Waals surface area contributed by atoms with Crippen LogP contribution in [0.5, 0.6) is 5.75 Å². The fourth-order valence-electron chi connectivity index (χ4n) is 3.50. The molecule has 214 valence electrons. The van der Waals surface area contributed by atoms with Crippen molar-refractivity contribution in [2.45, 2.75) is 36.6 Å². The van der Waals surface area contributed by atoms with Gasteiger partial charge in [-0.05, 0) is 56.3 Å². The van der Waals surface area contributed by atoms with E-state index in [1.165, 1.54) is 24.4 Å². The van der Waals surface area contributed by atoms with Crippen molar-refractivity contribution < 1.29 is 45.0 Å². The number of sulfonamides is 1. The number of hydrogen-bond acceptors (Lipinski definition) is 8. The number of halogens is 4. The summed E-state index contributed by atoms with van der Waals surface area (Å²) >= 11 is 0. The molecule has 0 radical (unpaired) electrons. The van der Waals surface area contributed by atoms with Gasteiger partial charge in [-0.25, -0.2) is 17.6 Å². The van der Waals surface area contributed by atoms with Gasteiger partial charge < -0.3 is 14.8 Å². The van der Waals surface area contributed by atoms with Crippen LogP contribution in [0.25, 0.3) is 0 Å². The standard InChI is InChI=1S/C23H22F4N6O6S/c1-22(2,23(25,26)27)39-21(35)30-14-5-8-19-18(9-14)33(40(36,37)16-6-3-13(24)4-7-16)12-15(38-19)10-28-20(34)17-11-29-32-31-17/h3-9,11,15H,10,12H2,1-2H3,(H,28,34)(H,30,35)(H,29,31,32)/t15-/m0/s1. The highest BCUT2D eigenvalue weighted by Crippen LogP contribution is 2.39. The van der Waals surface area contributed by atoms with Crippen LogP contribution in [-0.2, 0) is 14.8 Å². The molecule has 0 unspecified atom stereocenters. The lowest BCUT2D eigenvalue weighted by atomic mass is 10.1. The maximum Gasteiger partial charge on any atom is 0.427 e. The van der Waals surface area contributed by atoms with Crippen LogP contribution >= 0.6 is 0 Å². The molecule has 1 aromatic heterocycles. The summed E-state index contributed by atoms with van der Waals surface area (Å²) in [4.78, 5) is 24.2. The first-order valence-electron chi connectivity index (χ1n) is 11.5. The predicted molar refractivity (Wildman–Crippen MR) is 131 cm³/mol. The lowest BCUT2D eigenvalue weighted by molar-refractivity contribution is -0.242. The van der Waals surface area contributed by atoms with Crippen LogP contribution in [0.2, 0.25) is 0 Å². The van der Waals surface area contributed by atoms with Gasteiger partial charge >= 0.3 is 12.3 Å². The molecule has 40 heavy (non-hydrogen) atoms. The largest absolute Gasteiger partial charge is 0.484 e. The smallest absolute Gasteiger partial charge is 0.427 e. The molecular weight excluding hydrogens is 564 g/mol. The van der Waals surface area contributed by atoms with E-state index in [1.54, 1.807) is 0 Å². The van der Waals surface area contributed by atoms with Crippen LogP contribution in [0.4, 0.5) is 33.7 Å². The average molecular weight is 587 g/mol. The van der Waals surface area contributed by atoms with Gasteiger partial charge in [0.15, 0.2) is 0 Å². The highest BCUT2D eigenvalue weighted by atomic mass is 32.2. The van der Waals surface area contributed by atoms with Gasteiger partial charge in [-0.15, -0.1) is 5.10 Å². The molecule has 0 saturated heterocycles. The van der Waals surface area contributed by atoms with Gasteiger partial charge in [0.25, 0.3) is 15.9 Å². The number of amides is 2. The summed E-state index contributed by atoms with van der Waals surface area (Å²) < 4.78 is 91.2.